The summed E-state index contributed by atoms with van der Waals surface area (Å²) in [6, 6.07) is 22.4. The number of phenols is 2. The van der Waals surface area contributed by atoms with Gasteiger partial charge in [0, 0.05) is 5.56 Å². The minimum atomic E-state index is -1.13. The van der Waals surface area contributed by atoms with Crippen molar-refractivity contribution in [1.29, 1.82) is 0 Å². The largest absolute Gasteiger partial charge is 0.508 e. The maximum absolute atomic E-state index is 11.8. The Morgan fingerprint density at radius 1 is 0.500 bits per heavy atom. The Balaban J connectivity index is 2.02. The van der Waals surface area contributed by atoms with Crippen molar-refractivity contribution < 1.29 is 30.0 Å². The number of carbonyl (C=O) groups is 2. The molecule has 0 aromatic heterocycles. The smallest absolute Gasteiger partial charge is 0.336 e. The van der Waals surface area contributed by atoms with Gasteiger partial charge in [-0.25, -0.2) is 9.59 Å². The first kappa shape index (κ1) is 20.7. The summed E-state index contributed by atoms with van der Waals surface area (Å²) >= 11 is 0. The standard InChI is InChI=1S/C26H18O6/c27-17-7-10-20(25(29)30)23(13-17)16-6-9-19(22(12-16)15-4-2-1-3-5-15)24-14-18(28)8-11-21(24)26(31)32/h1-14,27-28H,(H,29,30)(H,31,32). The molecule has 4 aromatic rings. The molecular formula is C26H18O6. The lowest BCUT2D eigenvalue weighted by atomic mass is 9.88. The monoisotopic (exact) mass is 426 g/mol. The number of aromatic carboxylic acids is 2. The molecule has 0 aliphatic rings. The van der Waals surface area contributed by atoms with Crippen LogP contribution in [0.15, 0.2) is 84.9 Å². The average molecular weight is 426 g/mol. The zero-order valence-electron chi connectivity index (χ0n) is 16.7. The van der Waals surface area contributed by atoms with Gasteiger partial charge < -0.3 is 20.4 Å². The number of hydrogen-bond donors (Lipinski definition) is 4. The van der Waals surface area contributed by atoms with Crippen molar-refractivity contribution >= 4 is 11.9 Å². The van der Waals surface area contributed by atoms with Crippen LogP contribution >= 0.6 is 0 Å². The van der Waals surface area contributed by atoms with Crippen molar-refractivity contribution in [2.45, 2.75) is 0 Å². The van der Waals surface area contributed by atoms with Crippen LogP contribution in [-0.4, -0.2) is 32.4 Å². The maximum Gasteiger partial charge on any atom is 0.336 e. The number of phenolic OH excluding ortho intramolecular Hbond substituents is 2. The number of carboxylic acid groups (broad SMARTS) is 2. The lowest BCUT2D eigenvalue weighted by Crippen LogP contribution is -2.01. The minimum Gasteiger partial charge on any atom is -0.508 e. The molecule has 0 fully saturated rings. The summed E-state index contributed by atoms with van der Waals surface area (Å²) in [5, 5.41) is 39.2. The molecule has 0 atom stereocenters. The van der Waals surface area contributed by atoms with E-state index >= 15 is 0 Å². The summed E-state index contributed by atoms with van der Waals surface area (Å²) in [5.41, 5.74) is 3.24. The topological polar surface area (TPSA) is 115 Å². The van der Waals surface area contributed by atoms with Crippen LogP contribution in [0, 0.1) is 0 Å². The lowest BCUT2D eigenvalue weighted by molar-refractivity contribution is 0.0686. The molecule has 4 N–H and O–H groups in total. The quantitative estimate of drug-likeness (QED) is 0.335. The molecule has 158 valence electrons. The Hall–Kier alpha value is -4.58. The van der Waals surface area contributed by atoms with Crippen molar-refractivity contribution in [1.82, 2.24) is 0 Å². The SMILES string of the molecule is O=C(O)c1ccc(O)cc1-c1ccc(-c2cc(O)ccc2C(=O)O)c(-c2ccccc2)c1. The summed E-state index contributed by atoms with van der Waals surface area (Å²) in [6.07, 6.45) is 0. The highest BCUT2D eigenvalue weighted by molar-refractivity contribution is 6.01. The predicted octanol–water partition coefficient (Wildman–Crippen LogP) is 5.50. The van der Waals surface area contributed by atoms with Gasteiger partial charge in [-0.2, -0.15) is 0 Å². The second-order valence-electron chi connectivity index (χ2n) is 7.20. The van der Waals surface area contributed by atoms with Gasteiger partial charge in [0.2, 0.25) is 0 Å². The number of carboxylic acids is 2. The molecule has 0 bridgehead atoms. The van der Waals surface area contributed by atoms with Crippen molar-refractivity contribution in [2.75, 3.05) is 0 Å². The molecule has 0 radical (unpaired) electrons. The molecule has 0 unspecified atom stereocenters. The number of aromatic hydroxyl groups is 2. The van der Waals surface area contributed by atoms with Crippen molar-refractivity contribution in [3.8, 4) is 44.9 Å². The average Bonchev–Trinajstić information content (AvgIpc) is 2.78. The fourth-order valence-electron chi connectivity index (χ4n) is 3.70. The third kappa shape index (κ3) is 3.89. The van der Waals surface area contributed by atoms with Gasteiger partial charge in [0.05, 0.1) is 11.1 Å². The van der Waals surface area contributed by atoms with E-state index in [4.69, 9.17) is 0 Å². The highest BCUT2D eigenvalue weighted by Gasteiger charge is 2.19. The van der Waals surface area contributed by atoms with E-state index in [0.29, 0.717) is 27.8 Å². The van der Waals surface area contributed by atoms with E-state index in [1.54, 1.807) is 18.2 Å². The van der Waals surface area contributed by atoms with Gasteiger partial charge in [0.1, 0.15) is 11.5 Å². The van der Waals surface area contributed by atoms with Crippen LogP contribution in [0.25, 0.3) is 33.4 Å². The molecule has 0 saturated heterocycles. The Labute approximate surface area is 183 Å². The molecule has 6 nitrogen and oxygen atoms in total. The molecule has 0 heterocycles. The summed E-state index contributed by atoms with van der Waals surface area (Å²) in [6.45, 7) is 0. The number of hydrogen-bond acceptors (Lipinski definition) is 4. The lowest BCUT2D eigenvalue weighted by Gasteiger charge is -2.16. The van der Waals surface area contributed by atoms with Crippen LogP contribution in [-0.2, 0) is 0 Å². The molecule has 0 spiro atoms. The Kier molecular flexibility index (Phi) is 5.35. The Morgan fingerprint density at radius 3 is 1.66 bits per heavy atom. The van der Waals surface area contributed by atoms with Gasteiger partial charge in [0.25, 0.3) is 0 Å². The van der Waals surface area contributed by atoms with E-state index < -0.39 is 11.9 Å². The third-order valence-corrected chi connectivity index (χ3v) is 5.17. The molecule has 6 heteroatoms. The first-order chi connectivity index (χ1) is 15.3. The van der Waals surface area contributed by atoms with E-state index in [1.807, 2.05) is 30.3 Å². The zero-order valence-corrected chi connectivity index (χ0v) is 16.7. The van der Waals surface area contributed by atoms with E-state index in [0.717, 1.165) is 5.56 Å². The highest BCUT2D eigenvalue weighted by Crippen LogP contribution is 2.39. The molecule has 0 saturated carbocycles. The van der Waals surface area contributed by atoms with Crippen LogP contribution < -0.4 is 0 Å². The number of benzene rings is 4. The van der Waals surface area contributed by atoms with Crippen molar-refractivity contribution in [2.24, 2.45) is 0 Å². The summed E-state index contributed by atoms with van der Waals surface area (Å²) in [5.74, 6) is -2.42. The van der Waals surface area contributed by atoms with E-state index in [-0.39, 0.29) is 22.6 Å². The second-order valence-corrected chi connectivity index (χ2v) is 7.20. The van der Waals surface area contributed by atoms with E-state index in [1.165, 1.54) is 36.4 Å². The fourth-order valence-corrected chi connectivity index (χ4v) is 3.70. The first-order valence-electron chi connectivity index (χ1n) is 9.68. The van der Waals surface area contributed by atoms with E-state index in [9.17, 15) is 30.0 Å². The van der Waals surface area contributed by atoms with E-state index in [2.05, 4.69) is 0 Å². The summed E-state index contributed by atoms with van der Waals surface area (Å²) in [4.78, 5) is 23.6. The van der Waals surface area contributed by atoms with Gasteiger partial charge in [-0.3, -0.25) is 0 Å². The molecule has 0 amide bonds. The first-order valence-corrected chi connectivity index (χ1v) is 9.68. The maximum atomic E-state index is 11.8. The molecular weight excluding hydrogens is 408 g/mol. The molecule has 0 aliphatic heterocycles. The number of rotatable bonds is 5. The molecule has 0 aliphatic carbocycles. The van der Waals surface area contributed by atoms with Gasteiger partial charge in [-0.05, 0) is 70.3 Å². The van der Waals surface area contributed by atoms with Crippen LogP contribution in [0.3, 0.4) is 0 Å². The molecule has 32 heavy (non-hydrogen) atoms. The minimum absolute atomic E-state index is 0.0244. The molecule has 4 rings (SSSR count). The van der Waals surface area contributed by atoms with Crippen LogP contribution in [0.5, 0.6) is 11.5 Å². The van der Waals surface area contributed by atoms with Crippen LogP contribution in [0.1, 0.15) is 20.7 Å². The van der Waals surface area contributed by atoms with Gasteiger partial charge >= 0.3 is 11.9 Å². The van der Waals surface area contributed by atoms with Gasteiger partial charge in [-0.15, -0.1) is 0 Å². The Bertz CT molecular complexity index is 1340. The normalized spacial score (nSPS) is 10.6. The highest BCUT2D eigenvalue weighted by atomic mass is 16.4. The van der Waals surface area contributed by atoms with Crippen LogP contribution in [0.2, 0.25) is 0 Å². The fraction of sp³-hybridized carbons (Fsp3) is 0. The second kappa shape index (κ2) is 8.28. The van der Waals surface area contributed by atoms with Gasteiger partial charge in [-0.1, -0.05) is 42.5 Å². The van der Waals surface area contributed by atoms with Crippen LogP contribution in [0.4, 0.5) is 0 Å². The Morgan fingerprint density at radius 2 is 1.06 bits per heavy atom. The molecule has 4 aromatic carbocycles. The van der Waals surface area contributed by atoms with Gasteiger partial charge in [0.15, 0.2) is 0 Å². The van der Waals surface area contributed by atoms with Crippen molar-refractivity contribution in [3.05, 3.63) is 96.1 Å². The zero-order chi connectivity index (χ0) is 22.8. The predicted molar refractivity (Wildman–Crippen MR) is 120 cm³/mol. The summed E-state index contributed by atoms with van der Waals surface area (Å²) < 4.78 is 0. The van der Waals surface area contributed by atoms with Crippen molar-refractivity contribution in [3.63, 3.8) is 0 Å². The summed E-state index contributed by atoms with van der Waals surface area (Å²) in [7, 11) is 0. The third-order valence-electron chi connectivity index (χ3n) is 5.17.